The number of allylic oxidation sites excluding steroid dienone is 2. The largest absolute Gasteiger partial charge is 0.330 e. The van der Waals surface area contributed by atoms with Gasteiger partial charge in [0.1, 0.15) is 0 Å². The van der Waals surface area contributed by atoms with Crippen molar-refractivity contribution < 1.29 is 0 Å². The first kappa shape index (κ1) is 26.2. The van der Waals surface area contributed by atoms with Crippen LogP contribution < -0.4 is 11.1 Å². The van der Waals surface area contributed by atoms with E-state index in [9.17, 15) is 0 Å². The molecule has 0 spiro atoms. The maximum Gasteiger partial charge on any atom is -0.00369 e. The molecule has 0 bridgehead atoms. The summed E-state index contributed by atoms with van der Waals surface area (Å²) < 4.78 is 0. The summed E-state index contributed by atoms with van der Waals surface area (Å²) in [6.45, 7) is 5.34. The van der Waals surface area contributed by atoms with Gasteiger partial charge >= 0.3 is 0 Å². The van der Waals surface area contributed by atoms with Crippen LogP contribution in [0, 0.1) is 0 Å². The second-order valence-corrected chi connectivity index (χ2v) is 6.83. The lowest BCUT2D eigenvalue weighted by atomic mass is 10.1. The zero-order valence-electron chi connectivity index (χ0n) is 16.4. The van der Waals surface area contributed by atoms with Crippen molar-refractivity contribution in [3.63, 3.8) is 0 Å². The molecule has 0 saturated carbocycles. The van der Waals surface area contributed by atoms with E-state index in [4.69, 9.17) is 5.73 Å². The second kappa shape index (κ2) is 25.2. The topological polar surface area (TPSA) is 38.0 Å². The molecular weight excluding hydrogens is 316 g/mol. The molecule has 0 rings (SSSR count). The first-order chi connectivity index (χ1) is 11.4. The van der Waals surface area contributed by atoms with Gasteiger partial charge in [-0.1, -0.05) is 76.9 Å². The lowest BCUT2D eigenvalue weighted by molar-refractivity contribution is 0.562. The van der Waals surface area contributed by atoms with Crippen molar-refractivity contribution >= 4 is 12.4 Å². The average molecular weight is 361 g/mol. The van der Waals surface area contributed by atoms with Gasteiger partial charge in [-0.15, -0.1) is 12.4 Å². The molecule has 3 N–H and O–H groups in total. The Labute approximate surface area is 158 Å². The molecular formula is C21H45ClN2. The van der Waals surface area contributed by atoms with E-state index in [1.54, 1.807) is 0 Å². The first-order valence-electron chi connectivity index (χ1n) is 10.5. The third-order valence-corrected chi connectivity index (χ3v) is 4.42. The van der Waals surface area contributed by atoms with Crippen LogP contribution in [0.1, 0.15) is 103 Å². The summed E-state index contributed by atoms with van der Waals surface area (Å²) in [5, 5.41) is 3.45. The van der Waals surface area contributed by atoms with E-state index in [1.165, 1.54) is 96.4 Å². The number of nitrogens with one attached hydrogen (secondary N) is 1. The van der Waals surface area contributed by atoms with E-state index < -0.39 is 0 Å². The molecule has 0 heterocycles. The van der Waals surface area contributed by atoms with Crippen molar-refractivity contribution in [3.8, 4) is 0 Å². The molecule has 2 nitrogen and oxygen atoms in total. The van der Waals surface area contributed by atoms with Crippen molar-refractivity contribution in [2.45, 2.75) is 103 Å². The Kier molecular flexibility index (Phi) is 27.5. The highest BCUT2D eigenvalue weighted by Gasteiger charge is 1.92. The van der Waals surface area contributed by atoms with E-state index in [1.807, 2.05) is 0 Å². The van der Waals surface area contributed by atoms with Crippen LogP contribution in [0.15, 0.2) is 12.2 Å². The van der Waals surface area contributed by atoms with Crippen molar-refractivity contribution in [1.29, 1.82) is 0 Å². The van der Waals surface area contributed by atoms with Crippen LogP contribution in [0.25, 0.3) is 0 Å². The Morgan fingerprint density at radius 2 is 1.08 bits per heavy atom. The zero-order valence-corrected chi connectivity index (χ0v) is 17.2. The van der Waals surface area contributed by atoms with Gasteiger partial charge in [-0.25, -0.2) is 0 Å². The van der Waals surface area contributed by atoms with Crippen molar-refractivity contribution in [1.82, 2.24) is 5.32 Å². The summed E-state index contributed by atoms with van der Waals surface area (Å²) in [6, 6.07) is 0. The van der Waals surface area contributed by atoms with Crippen LogP contribution in [0.3, 0.4) is 0 Å². The van der Waals surface area contributed by atoms with Crippen LogP contribution >= 0.6 is 12.4 Å². The van der Waals surface area contributed by atoms with E-state index in [-0.39, 0.29) is 12.4 Å². The molecule has 0 aromatic rings. The predicted molar refractivity (Wildman–Crippen MR) is 113 cm³/mol. The van der Waals surface area contributed by atoms with Gasteiger partial charge in [0.25, 0.3) is 0 Å². The lowest BCUT2D eigenvalue weighted by Crippen LogP contribution is -2.19. The van der Waals surface area contributed by atoms with Crippen molar-refractivity contribution in [2.24, 2.45) is 5.73 Å². The number of nitrogens with two attached hydrogens (primary N) is 1. The summed E-state index contributed by atoms with van der Waals surface area (Å²) in [7, 11) is 0. The van der Waals surface area contributed by atoms with Crippen LogP contribution in [-0.4, -0.2) is 19.6 Å². The molecule has 24 heavy (non-hydrogen) atoms. The fourth-order valence-electron chi connectivity index (χ4n) is 2.85. The highest BCUT2D eigenvalue weighted by atomic mass is 35.5. The molecule has 0 amide bonds. The molecule has 0 atom stereocenters. The van der Waals surface area contributed by atoms with Crippen molar-refractivity contribution in [2.75, 3.05) is 19.6 Å². The minimum Gasteiger partial charge on any atom is -0.330 e. The van der Waals surface area contributed by atoms with Gasteiger partial charge in [-0.05, 0) is 58.2 Å². The molecule has 0 fully saturated rings. The number of halogens is 1. The van der Waals surface area contributed by atoms with Crippen LogP contribution in [0.5, 0.6) is 0 Å². The average Bonchev–Trinajstić information content (AvgIpc) is 2.57. The number of rotatable bonds is 19. The molecule has 0 aliphatic carbocycles. The Bertz CT molecular complexity index is 232. The highest BCUT2D eigenvalue weighted by molar-refractivity contribution is 5.85. The fourth-order valence-corrected chi connectivity index (χ4v) is 2.85. The Morgan fingerprint density at radius 3 is 1.62 bits per heavy atom. The number of unbranched alkanes of at least 4 members (excludes halogenated alkanes) is 12. The quantitative estimate of drug-likeness (QED) is 0.207. The van der Waals surface area contributed by atoms with E-state index in [0.717, 1.165) is 19.5 Å². The third-order valence-electron chi connectivity index (χ3n) is 4.42. The fraction of sp³-hybridized carbons (Fsp3) is 0.905. The summed E-state index contributed by atoms with van der Waals surface area (Å²) in [6.07, 6.45) is 25.3. The van der Waals surface area contributed by atoms with E-state index in [0.29, 0.717) is 0 Å². The van der Waals surface area contributed by atoms with E-state index >= 15 is 0 Å². The number of hydrogen-bond acceptors (Lipinski definition) is 2. The normalized spacial score (nSPS) is 11.1. The Hall–Kier alpha value is -0.0500. The molecule has 146 valence electrons. The molecule has 0 aliphatic heterocycles. The summed E-state index contributed by atoms with van der Waals surface area (Å²) >= 11 is 0. The van der Waals surface area contributed by atoms with Crippen molar-refractivity contribution in [3.05, 3.63) is 12.2 Å². The molecule has 0 aromatic heterocycles. The Morgan fingerprint density at radius 1 is 0.625 bits per heavy atom. The maximum absolute atomic E-state index is 5.46. The van der Waals surface area contributed by atoms with Gasteiger partial charge in [-0.2, -0.15) is 0 Å². The van der Waals surface area contributed by atoms with Gasteiger partial charge in [0.2, 0.25) is 0 Å². The maximum atomic E-state index is 5.46. The summed E-state index contributed by atoms with van der Waals surface area (Å²) in [5.41, 5.74) is 5.46. The van der Waals surface area contributed by atoms with Gasteiger partial charge < -0.3 is 11.1 Å². The molecule has 0 unspecified atom stereocenters. The summed E-state index contributed by atoms with van der Waals surface area (Å²) in [4.78, 5) is 0. The molecule has 0 aromatic carbocycles. The molecule has 0 radical (unpaired) electrons. The van der Waals surface area contributed by atoms with Gasteiger partial charge in [0, 0.05) is 0 Å². The predicted octanol–water partition coefficient (Wildman–Crippen LogP) is 6.38. The molecule has 0 saturated heterocycles. The summed E-state index contributed by atoms with van der Waals surface area (Å²) in [5.74, 6) is 0. The standard InChI is InChI=1S/C21H44N2.ClH/c1-2-3-4-5-6-7-8-9-10-11-12-13-14-15-16-17-20-23-21-18-19-22;/h9-10,23H,2-8,11-22H2,1H3;1H/b10-9-;. The zero-order chi connectivity index (χ0) is 16.8. The van der Waals surface area contributed by atoms with Crippen LogP contribution in [0.2, 0.25) is 0 Å². The minimum atomic E-state index is 0. The van der Waals surface area contributed by atoms with Gasteiger partial charge in [0.15, 0.2) is 0 Å². The van der Waals surface area contributed by atoms with Gasteiger partial charge in [-0.3, -0.25) is 0 Å². The minimum absolute atomic E-state index is 0. The SMILES string of the molecule is CCCCCCCC/C=C\CCCCCCCCNCCCN.Cl. The lowest BCUT2D eigenvalue weighted by Gasteiger charge is -2.03. The molecule has 0 aliphatic rings. The Balaban J connectivity index is 0. The first-order valence-corrected chi connectivity index (χ1v) is 10.5. The third kappa shape index (κ3) is 24.2. The number of hydrogen-bond donors (Lipinski definition) is 2. The van der Waals surface area contributed by atoms with Crippen LogP contribution in [0.4, 0.5) is 0 Å². The molecule has 3 heteroatoms. The highest BCUT2D eigenvalue weighted by Crippen LogP contribution is 2.09. The van der Waals surface area contributed by atoms with Gasteiger partial charge in [0.05, 0.1) is 0 Å². The second-order valence-electron chi connectivity index (χ2n) is 6.83. The van der Waals surface area contributed by atoms with E-state index in [2.05, 4.69) is 24.4 Å². The monoisotopic (exact) mass is 360 g/mol. The van der Waals surface area contributed by atoms with Crippen LogP contribution in [-0.2, 0) is 0 Å². The smallest absolute Gasteiger partial charge is 0.00369 e.